The van der Waals surface area contributed by atoms with Gasteiger partial charge in [-0.2, -0.15) is 0 Å². The van der Waals surface area contributed by atoms with Gasteiger partial charge in [-0.1, -0.05) is 58.8 Å². The van der Waals surface area contributed by atoms with E-state index >= 15 is 0 Å². The zero-order valence-corrected chi connectivity index (χ0v) is 19.1. The molecule has 0 radical (unpaired) electrons. The molecule has 1 heterocycles. The quantitative estimate of drug-likeness (QED) is 0.553. The Morgan fingerprint density at radius 2 is 1.32 bits per heavy atom. The minimum absolute atomic E-state index is 0.921. The molecule has 3 saturated carbocycles. The molecule has 3 unspecified atom stereocenters. The Balaban J connectivity index is 1.32. The first kappa shape index (κ1) is 21.2. The maximum absolute atomic E-state index is 3.00. The third-order valence-electron chi connectivity index (χ3n) is 9.07. The molecule has 3 atom stereocenters. The van der Waals surface area contributed by atoms with Crippen LogP contribution >= 0.6 is 0 Å². The number of nitrogens with zero attached hydrogens (tertiary/aromatic N) is 2. The van der Waals surface area contributed by atoms with E-state index in [0.29, 0.717) is 0 Å². The maximum Gasteiger partial charge on any atom is 0.0153 e. The van der Waals surface area contributed by atoms with E-state index in [1.807, 2.05) is 0 Å². The molecule has 4 fully saturated rings. The Kier molecular flexibility index (Phi) is 7.78. The molecule has 0 bridgehead atoms. The van der Waals surface area contributed by atoms with Crippen LogP contribution in [0.3, 0.4) is 0 Å². The molecular formula is C26H48N2. The van der Waals surface area contributed by atoms with Crippen molar-refractivity contribution in [3.05, 3.63) is 0 Å². The van der Waals surface area contributed by atoms with Gasteiger partial charge in [0.15, 0.2) is 0 Å². The predicted molar refractivity (Wildman–Crippen MR) is 121 cm³/mol. The van der Waals surface area contributed by atoms with Gasteiger partial charge in [0.1, 0.15) is 0 Å². The van der Waals surface area contributed by atoms with Crippen LogP contribution in [-0.2, 0) is 0 Å². The summed E-state index contributed by atoms with van der Waals surface area (Å²) in [5.74, 6) is 4.97. The van der Waals surface area contributed by atoms with Crippen LogP contribution in [0.4, 0.5) is 0 Å². The molecule has 4 aliphatic rings. The number of rotatable bonds is 5. The topological polar surface area (TPSA) is 6.48 Å². The van der Waals surface area contributed by atoms with E-state index in [-0.39, 0.29) is 0 Å². The summed E-state index contributed by atoms with van der Waals surface area (Å²) in [7, 11) is 0. The van der Waals surface area contributed by atoms with Crippen LogP contribution in [0.2, 0.25) is 0 Å². The third-order valence-corrected chi connectivity index (χ3v) is 9.07. The smallest absolute Gasteiger partial charge is 0.0153 e. The van der Waals surface area contributed by atoms with Crippen LogP contribution in [-0.4, -0.2) is 48.6 Å². The van der Waals surface area contributed by atoms with E-state index in [4.69, 9.17) is 0 Å². The Hall–Kier alpha value is -0.0800. The molecule has 1 aliphatic heterocycles. The summed E-state index contributed by atoms with van der Waals surface area (Å²) in [6, 6.07) is 0.921. The first-order valence-corrected chi connectivity index (χ1v) is 13.2. The first-order chi connectivity index (χ1) is 13.7. The lowest BCUT2D eigenvalue weighted by molar-refractivity contribution is 0.00834. The second-order valence-electron chi connectivity index (χ2n) is 11.4. The molecule has 2 nitrogen and oxygen atoms in total. The van der Waals surface area contributed by atoms with E-state index in [1.165, 1.54) is 116 Å². The van der Waals surface area contributed by atoms with Crippen molar-refractivity contribution in [3.8, 4) is 0 Å². The minimum atomic E-state index is 0.921. The van der Waals surface area contributed by atoms with E-state index in [0.717, 1.165) is 35.6 Å². The summed E-state index contributed by atoms with van der Waals surface area (Å²) >= 11 is 0. The highest BCUT2D eigenvalue weighted by Gasteiger charge is 2.37. The van der Waals surface area contributed by atoms with Gasteiger partial charge in [0.2, 0.25) is 0 Å². The normalized spacial score (nSPS) is 38.4. The van der Waals surface area contributed by atoms with Gasteiger partial charge in [0.25, 0.3) is 0 Å². The van der Waals surface area contributed by atoms with Crippen LogP contribution in [0.15, 0.2) is 0 Å². The van der Waals surface area contributed by atoms with Crippen molar-refractivity contribution < 1.29 is 0 Å². The van der Waals surface area contributed by atoms with Gasteiger partial charge in [0, 0.05) is 38.8 Å². The molecule has 0 aromatic heterocycles. The monoisotopic (exact) mass is 388 g/mol. The lowest BCUT2D eigenvalue weighted by Crippen LogP contribution is -2.56. The summed E-state index contributed by atoms with van der Waals surface area (Å²) in [6.45, 7) is 11.8. The fourth-order valence-electron chi connectivity index (χ4n) is 7.42. The van der Waals surface area contributed by atoms with Gasteiger partial charge in [0.05, 0.1) is 0 Å². The number of piperazine rings is 1. The summed E-state index contributed by atoms with van der Waals surface area (Å²) in [4.78, 5) is 5.83. The fourth-order valence-corrected chi connectivity index (χ4v) is 7.42. The summed E-state index contributed by atoms with van der Waals surface area (Å²) in [6.07, 6.45) is 19.5. The van der Waals surface area contributed by atoms with Crippen LogP contribution in [0, 0.1) is 29.6 Å². The summed E-state index contributed by atoms with van der Waals surface area (Å²) < 4.78 is 0. The van der Waals surface area contributed by atoms with Crippen LogP contribution in [0.5, 0.6) is 0 Å². The van der Waals surface area contributed by atoms with Gasteiger partial charge in [-0.05, 0) is 68.1 Å². The highest BCUT2D eigenvalue weighted by Crippen LogP contribution is 2.40. The van der Waals surface area contributed by atoms with E-state index < -0.39 is 0 Å². The van der Waals surface area contributed by atoms with E-state index in [9.17, 15) is 0 Å². The van der Waals surface area contributed by atoms with Gasteiger partial charge in [-0.25, -0.2) is 0 Å². The van der Waals surface area contributed by atoms with Crippen molar-refractivity contribution in [2.24, 2.45) is 29.6 Å². The van der Waals surface area contributed by atoms with Crippen molar-refractivity contribution in [2.75, 3.05) is 32.7 Å². The Labute approximate surface area is 175 Å². The Morgan fingerprint density at radius 3 is 2.00 bits per heavy atom. The minimum Gasteiger partial charge on any atom is -0.301 e. The van der Waals surface area contributed by atoms with Crippen molar-refractivity contribution in [1.82, 2.24) is 9.80 Å². The Morgan fingerprint density at radius 1 is 0.643 bits per heavy atom. The predicted octanol–water partition coefficient (Wildman–Crippen LogP) is 6.21. The standard InChI is InChI=1S/C26H48N2/c1-21-11-13-25(14-12-21)26(24-9-4-3-5-10-24)28-17-15-27(16-18-28)20-23-8-6-7-22(2)19-23/h21-26H,3-20H2,1-2H3. The molecule has 1 saturated heterocycles. The van der Waals surface area contributed by atoms with Gasteiger partial charge < -0.3 is 4.90 Å². The first-order valence-electron chi connectivity index (χ1n) is 13.2. The van der Waals surface area contributed by atoms with Gasteiger partial charge >= 0.3 is 0 Å². The highest BCUT2D eigenvalue weighted by molar-refractivity contribution is 4.91. The van der Waals surface area contributed by atoms with Crippen molar-refractivity contribution in [2.45, 2.75) is 103 Å². The second-order valence-corrected chi connectivity index (χ2v) is 11.4. The lowest BCUT2D eigenvalue weighted by atomic mass is 9.71. The molecule has 2 heteroatoms. The molecule has 4 rings (SSSR count). The lowest BCUT2D eigenvalue weighted by Gasteiger charge is -2.48. The van der Waals surface area contributed by atoms with Crippen molar-refractivity contribution in [1.29, 1.82) is 0 Å². The second kappa shape index (κ2) is 10.3. The summed E-state index contributed by atoms with van der Waals surface area (Å²) in [5, 5.41) is 0. The maximum atomic E-state index is 3.00. The molecule has 0 aromatic carbocycles. The zero-order valence-electron chi connectivity index (χ0n) is 19.1. The van der Waals surface area contributed by atoms with Crippen LogP contribution < -0.4 is 0 Å². The molecule has 28 heavy (non-hydrogen) atoms. The molecule has 3 aliphatic carbocycles. The number of hydrogen-bond donors (Lipinski definition) is 0. The zero-order chi connectivity index (χ0) is 19.3. The molecule has 0 amide bonds. The summed E-state index contributed by atoms with van der Waals surface area (Å²) in [5.41, 5.74) is 0. The van der Waals surface area contributed by atoms with Crippen LogP contribution in [0.1, 0.15) is 97.3 Å². The molecule has 162 valence electrons. The van der Waals surface area contributed by atoms with Crippen molar-refractivity contribution >= 4 is 0 Å². The fraction of sp³-hybridized carbons (Fsp3) is 1.00. The van der Waals surface area contributed by atoms with Gasteiger partial charge in [-0.3, -0.25) is 4.90 Å². The molecule has 0 aromatic rings. The highest BCUT2D eigenvalue weighted by atomic mass is 15.3. The number of hydrogen-bond acceptors (Lipinski definition) is 2. The Bertz CT molecular complexity index is 441. The largest absolute Gasteiger partial charge is 0.301 e. The third kappa shape index (κ3) is 5.54. The van der Waals surface area contributed by atoms with Crippen LogP contribution in [0.25, 0.3) is 0 Å². The molecule has 0 N–H and O–H groups in total. The average molecular weight is 389 g/mol. The SMILES string of the molecule is CC1CCC(C(C2CCCCC2)N2CCN(CC3CCCC(C)C3)CC2)CC1. The van der Waals surface area contributed by atoms with E-state index in [1.54, 1.807) is 0 Å². The molecule has 0 spiro atoms. The van der Waals surface area contributed by atoms with E-state index in [2.05, 4.69) is 23.6 Å². The van der Waals surface area contributed by atoms with Gasteiger partial charge in [-0.15, -0.1) is 0 Å². The van der Waals surface area contributed by atoms with Crippen molar-refractivity contribution in [3.63, 3.8) is 0 Å². The average Bonchev–Trinajstić information content (AvgIpc) is 2.72. The molecular weight excluding hydrogens is 340 g/mol.